The first-order valence-electron chi connectivity index (χ1n) is 11.1. The molecule has 0 saturated carbocycles. The van der Waals surface area contributed by atoms with Crippen molar-refractivity contribution in [3.8, 4) is 5.75 Å². The van der Waals surface area contributed by atoms with Crippen LogP contribution in [0.5, 0.6) is 5.75 Å². The third-order valence-electron chi connectivity index (χ3n) is 5.57. The molecule has 2 aliphatic heterocycles. The number of hydrazine groups is 1. The Kier molecular flexibility index (Phi) is 7.68. The fourth-order valence-electron chi connectivity index (χ4n) is 3.47. The van der Waals surface area contributed by atoms with Crippen LogP contribution in [0.3, 0.4) is 0 Å². The van der Waals surface area contributed by atoms with Crippen LogP contribution >= 0.6 is 0 Å². The highest BCUT2D eigenvalue weighted by molar-refractivity contribution is 7.89. The van der Waals surface area contributed by atoms with Gasteiger partial charge in [-0.2, -0.15) is 9.31 Å². The molecule has 12 nitrogen and oxygen atoms in total. The summed E-state index contributed by atoms with van der Waals surface area (Å²) in [4.78, 5) is 37.1. The molecule has 0 spiro atoms. The number of benzene rings is 1. The molecule has 13 heteroatoms. The maximum atomic E-state index is 13.0. The Morgan fingerprint density at radius 2 is 1.94 bits per heavy atom. The molecule has 2 fully saturated rings. The van der Waals surface area contributed by atoms with E-state index in [1.807, 2.05) is 13.8 Å². The van der Waals surface area contributed by atoms with E-state index in [0.29, 0.717) is 30.4 Å². The third-order valence-corrected chi connectivity index (χ3v) is 7.46. The van der Waals surface area contributed by atoms with Gasteiger partial charge < -0.3 is 20.1 Å². The van der Waals surface area contributed by atoms with Crippen molar-refractivity contribution in [2.24, 2.45) is 0 Å². The molecule has 2 heterocycles. The average Bonchev–Trinajstić information content (AvgIpc) is 3.02. The molecular weight excluding hydrogens is 466 g/mol. The topological polar surface area (TPSA) is 146 Å². The molecule has 0 bridgehead atoms. The second-order valence-corrected chi connectivity index (χ2v) is 10.4. The molecule has 3 rings (SSSR count). The summed E-state index contributed by atoms with van der Waals surface area (Å²) < 4.78 is 38.4. The van der Waals surface area contributed by atoms with E-state index >= 15 is 0 Å². The monoisotopic (exact) mass is 497 g/mol. The normalized spacial score (nSPS) is 21.5. The zero-order chi connectivity index (χ0) is 25.1. The SMILES string of the molecule is CCC1(C)NC(=O)N(NC(=O)CNc2cc(S(=O)(=O)N3CCOCC3)ccc2OC(C)C)C1=O. The average molecular weight is 498 g/mol. The van der Waals surface area contributed by atoms with E-state index in [0.717, 1.165) is 0 Å². The summed E-state index contributed by atoms with van der Waals surface area (Å²) >= 11 is 0. The summed E-state index contributed by atoms with van der Waals surface area (Å²) in [5.41, 5.74) is 1.48. The number of imide groups is 1. The van der Waals surface area contributed by atoms with Crippen molar-refractivity contribution >= 4 is 33.6 Å². The molecule has 4 amide bonds. The maximum absolute atomic E-state index is 13.0. The second-order valence-electron chi connectivity index (χ2n) is 8.49. The zero-order valence-corrected chi connectivity index (χ0v) is 20.5. The molecular formula is C21H31N5O7S. The number of urea groups is 1. The summed E-state index contributed by atoms with van der Waals surface area (Å²) in [5.74, 6) is -0.867. The lowest BCUT2D eigenvalue weighted by atomic mass is 10.00. The molecule has 1 atom stereocenters. The summed E-state index contributed by atoms with van der Waals surface area (Å²) in [6.07, 6.45) is 0.163. The van der Waals surface area contributed by atoms with Gasteiger partial charge in [-0.05, 0) is 45.4 Å². The summed E-state index contributed by atoms with van der Waals surface area (Å²) in [6.45, 7) is 7.76. The van der Waals surface area contributed by atoms with Gasteiger partial charge in [0.2, 0.25) is 10.0 Å². The number of morpholine rings is 1. The van der Waals surface area contributed by atoms with Gasteiger partial charge in [0.05, 0.1) is 36.4 Å². The van der Waals surface area contributed by atoms with Crippen LogP contribution in [-0.4, -0.2) is 80.1 Å². The number of anilines is 1. The van der Waals surface area contributed by atoms with Gasteiger partial charge in [-0.15, -0.1) is 0 Å². The predicted octanol–water partition coefficient (Wildman–Crippen LogP) is 0.658. The van der Waals surface area contributed by atoms with Gasteiger partial charge in [0.15, 0.2) is 0 Å². The fourth-order valence-corrected chi connectivity index (χ4v) is 4.90. The Balaban J connectivity index is 1.75. The Morgan fingerprint density at radius 3 is 2.53 bits per heavy atom. The van der Waals surface area contributed by atoms with E-state index in [2.05, 4.69) is 16.1 Å². The first-order chi connectivity index (χ1) is 16.0. The van der Waals surface area contributed by atoms with Crippen LogP contribution < -0.4 is 20.8 Å². The minimum Gasteiger partial charge on any atom is -0.489 e. The molecule has 3 N–H and O–H groups in total. The van der Waals surface area contributed by atoms with Gasteiger partial charge in [-0.25, -0.2) is 13.2 Å². The van der Waals surface area contributed by atoms with Crippen LogP contribution in [0.2, 0.25) is 0 Å². The van der Waals surface area contributed by atoms with Crippen LogP contribution in [0.4, 0.5) is 10.5 Å². The number of carbonyl (C=O) groups excluding carboxylic acids is 3. The second kappa shape index (κ2) is 10.2. The maximum Gasteiger partial charge on any atom is 0.344 e. The summed E-state index contributed by atoms with van der Waals surface area (Å²) in [7, 11) is -3.77. The van der Waals surface area contributed by atoms with Gasteiger partial charge in [0.1, 0.15) is 11.3 Å². The minimum absolute atomic E-state index is 0.0428. The lowest BCUT2D eigenvalue weighted by Gasteiger charge is -2.26. The molecule has 1 unspecified atom stereocenters. The molecule has 2 aliphatic rings. The van der Waals surface area contributed by atoms with Crippen molar-refractivity contribution in [2.45, 2.75) is 50.7 Å². The fraction of sp³-hybridized carbons (Fsp3) is 0.571. The van der Waals surface area contributed by atoms with E-state index < -0.39 is 33.4 Å². The number of sulfonamides is 1. The van der Waals surface area contributed by atoms with Crippen molar-refractivity contribution in [1.29, 1.82) is 0 Å². The molecule has 0 aliphatic carbocycles. The third kappa shape index (κ3) is 5.42. The molecule has 0 aromatic heterocycles. The number of nitrogens with one attached hydrogen (secondary N) is 3. The number of hydrogen-bond acceptors (Lipinski definition) is 8. The molecule has 188 valence electrons. The molecule has 34 heavy (non-hydrogen) atoms. The zero-order valence-electron chi connectivity index (χ0n) is 19.7. The smallest absolute Gasteiger partial charge is 0.344 e. The van der Waals surface area contributed by atoms with Crippen molar-refractivity contribution in [3.05, 3.63) is 18.2 Å². The van der Waals surface area contributed by atoms with E-state index in [9.17, 15) is 22.8 Å². The first-order valence-corrected chi connectivity index (χ1v) is 12.5. The summed E-state index contributed by atoms with van der Waals surface area (Å²) in [6, 6.07) is 3.66. The highest BCUT2D eigenvalue weighted by Gasteiger charge is 2.47. The lowest BCUT2D eigenvalue weighted by Crippen LogP contribution is -2.50. The first kappa shape index (κ1) is 25.7. The number of hydrogen-bond donors (Lipinski definition) is 3. The highest BCUT2D eigenvalue weighted by atomic mass is 32.2. The van der Waals surface area contributed by atoms with Crippen molar-refractivity contribution < 1.29 is 32.3 Å². The standard InChI is InChI=1S/C21H31N5O7S/c1-5-21(4)19(28)26(20(29)23-21)24-18(27)13-22-16-12-15(6-7-17(16)33-14(2)3)34(30,31)25-8-10-32-11-9-25/h6-7,12,14,22H,5,8-11,13H2,1-4H3,(H,23,29)(H,24,27). The van der Waals surface area contributed by atoms with E-state index in [1.54, 1.807) is 13.8 Å². The number of ether oxygens (including phenoxy) is 2. The minimum atomic E-state index is -3.77. The van der Waals surface area contributed by atoms with E-state index in [-0.39, 0.29) is 36.3 Å². The van der Waals surface area contributed by atoms with Crippen molar-refractivity contribution in [3.63, 3.8) is 0 Å². The summed E-state index contributed by atoms with van der Waals surface area (Å²) in [5, 5.41) is 6.06. The number of amides is 4. The highest BCUT2D eigenvalue weighted by Crippen LogP contribution is 2.30. The predicted molar refractivity (Wildman–Crippen MR) is 122 cm³/mol. The van der Waals surface area contributed by atoms with Gasteiger partial charge in [-0.3, -0.25) is 15.0 Å². The Bertz CT molecular complexity index is 1060. The van der Waals surface area contributed by atoms with Gasteiger partial charge >= 0.3 is 6.03 Å². The quantitative estimate of drug-likeness (QED) is 0.422. The largest absolute Gasteiger partial charge is 0.489 e. The van der Waals surface area contributed by atoms with E-state index in [1.165, 1.54) is 22.5 Å². The number of nitrogens with zero attached hydrogens (tertiary/aromatic N) is 2. The van der Waals surface area contributed by atoms with Crippen LogP contribution in [-0.2, 0) is 24.3 Å². The Morgan fingerprint density at radius 1 is 1.26 bits per heavy atom. The van der Waals surface area contributed by atoms with Crippen LogP contribution in [0.25, 0.3) is 0 Å². The number of rotatable bonds is 9. The van der Waals surface area contributed by atoms with E-state index in [4.69, 9.17) is 9.47 Å². The van der Waals surface area contributed by atoms with Gasteiger partial charge in [0, 0.05) is 13.1 Å². The number of carbonyl (C=O) groups is 3. The molecule has 1 aromatic rings. The van der Waals surface area contributed by atoms with Crippen LogP contribution in [0.15, 0.2) is 23.1 Å². The van der Waals surface area contributed by atoms with Crippen molar-refractivity contribution in [1.82, 2.24) is 20.1 Å². The van der Waals surface area contributed by atoms with Crippen molar-refractivity contribution in [2.75, 3.05) is 38.2 Å². The molecule has 0 radical (unpaired) electrons. The van der Waals surface area contributed by atoms with Crippen LogP contribution in [0, 0.1) is 0 Å². The Labute approximate surface area is 199 Å². The molecule has 1 aromatic carbocycles. The molecule has 2 saturated heterocycles. The van der Waals surface area contributed by atoms with Gasteiger partial charge in [0.25, 0.3) is 11.8 Å². The Hall–Kier alpha value is -2.90. The lowest BCUT2D eigenvalue weighted by molar-refractivity contribution is -0.138. The van der Waals surface area contributed by atoms with Crippen LogP contribution in [0.1, 0.15) is 34.1 Å². The van der Waals surface area contributed by atoms with Gasteiger partial charge in [-0.1, -0.05) is 6.92 Å².